The highest BCUT2D eigenvalue weighted by atomic mass is 35.5. The number of likely N-dealkylation sites (tertiary alicyclic amines) is 1. The summed E-state index contributed by atoms with van der Waals surface area (Å²) in [6, 6.07) is 6.87. The zero-order valence-electron chi connectivity index (χ0n) is 14.7. The van der Waals surface area contributed by atoms with Gasteiger partial charge in [-0.15, -0.1) is 0 Å². The summed E-state index contributed by atoms with van der Waals surface area (Å²) in [5, 5.41) is 23.2. The molecule has 2 fully saturated rings. The lowest BCUT2D eigenvalue weighted by molar-refractivity contribution is -0.140. The Labute approximate surface area is 158 Å². The molecule has 6 nitrogen and oxygen atoms in total. The van der Waals surface area contributed by atoms with Gasteiger partial charge in [-0.2, -0.15) is 0 Å². The molecule has 2 aliphatic rings. The van der Waals surface area contributed by atoms with Crippen molar-refractivity contribution in [1.29, 1.82) is 0 Å². The highest BCUT2D eigenvalue weighted by Crippen LogP contribution is 2.42. The van der Waals surface area contributed by atoms with Gasteiger partial charge in [0, 0.05) is 18.1 Å². The fourth-order valence-corrected chi connectivity index (χ4v) is 4.46. The molecule has 1 heterocycles. The molecule has 3 rings (SSSR count). The number of rotatable bonds is 4. The summed E-state index contributed by atoms with van der Waals surface area (Å²) in [4.78, 5) is 25.9. The largest absolute Gasteiger partial charge is 0.465 e. The summed E-state index contributed by atoms with van der Waals surface area (Å²) in [7, 11) is 0. The lowest BCUT2D eigenvalue weighted by Crippen LogP contribution is -2.48. The highest BCUT2D eigenvalue weighted by molar-refractivity contribution is 6.30. The molecule has 1 aromatic rings. The normalized spacial score (nSPS) is 23.5. The molecule has 1 aliphatic carbocycles. The van der Waals surface area contributed by atoms with Gasteiger partial charge in [0.1, 0.15) is 0 Å². The first-order valence-corrected chi connectivity index (χ1v) is 9.53. The Morgan fingerprint density at radius 2 is 2.00 bits per heavy atom. The van der Waals surface area contributed by atoms with E-state index in [2.05, 4.69) is 5.32 Å². The van der Waals surface area contributed by atoms with E-state index in [0.29, 0.717) is 37.4 Å². The van der Waals surface area contributed by atoms with E-state index in [0.717, 1.165) is 24.8 Å². The Hall–Kier alpha value is -1.79. The Kier molecular flexibility index (Phi) is 5.73. The minimum Gasteiger partial charge on any atom is -0.465 e. The van der Waals surface area contributed by atoms with Gasteiger partial charge < -0.3 is 20.4 Å². The fraction of sp³-hybridized carbons (Fsp3) is 0.579. The predicted molar refractivity (Wildman–Crippen MR) is 98.4 cm³/mol. The Balaban J connectivity index is 1.86. The second-order valence-corrected chi connectivity index (χ2v) is 7.81. The van der Waals surface area contributed by atoms with Gasteiger partial charge in [-0.25, -0.2) is 4.79 Å². The number of carbonyl (C=O) groups is 2. The number of aliphatic hydroxyl groups is 1. The van der Waals surface area contributed by atoms with Gasteiger partial charge in [0.2, 0.25) is 5.91 Å². The molecule has 0 bridgehead atoms. The van der Waals surface area contributed by atoms with E-state index < -0.39 is 17.6 Å². The van der Waals surface area contributed by atoms with Crippen molar-refractivity contribution in [3.05, 3.63) is 34.9 Å². The molecule has 1 aromatic carbocycles. The van der Waals surface area contributed by atoms with Crippen molar-refractivity contribution in [3.63, 3.8) is 0 Å². The van der Waals surface area contributed by atoms with Gasteiger partial charge in [-0.05, 0) is 37.0 Å². The zero-order valence-corrected chi connectivity index (χ0v) is 15.4. The van der Waals surface area contributed by atoms with Crippen molar-refractivity contribution in [2.24, 2.45) is 0 Å². The second-order valence-electron chi connectivity index (χ2n) is 7.37. The third kappa shape index (κ3) is 4.13. The summed E-state index contributed by atoms with van der Waals surface area (Å²) in [6.07, 6.45) is 3.52. The van der Waals surface area contributed by atoms with Crippen LogP contribution < -0.4 is 5.32 Å². The molecule has 7 heteroatoms. The lowest BCUT2D eigenvalue weighted by atomic mass is 9.72. The SMILES string of the molecule is O=C(O)N[C@H]1CCN(C(=O)[C@@H](c2cccc(Cl)c2)C2(O)CCCCC2)C1. The number of nitrogens with zero attached hydrogens (tertiary/aromatic N) is 1. The number of carbonyl (C=O) groups excluding carboxylic acids is 1. The van der Waals surface area contributed by atoms with Crippen LogP contribution in [0.5, 0.6) is 0 Å². The summed E-state index contributed by atoms with van der Waals surface area (Å²) < 4.78 is 0. The van der Waals surface area contributed by atoms with E-state index in [1.807, 2.05) is 6.07 Å². The van der Waals surface area contributed by atoms with Gasteiger partial charge >= 0.3 is 6.09 Å². The molecule has 1 saturated heterocycles. The highest BCUT2D eigenvalue weighted by Gasteiger charge is 2.45. The Morgan fingerprint density at radius 3 is 2.65 bits per heavy atom. The molecular weight excluding hydrogens is 356 g/mol. The van der Waals surface area contributed by atoms with Crippen molar-refractivity contribution in [2.75, 3.05) is 13.1 Å². The molecule has 3 N–H and O–H groups in total. The van der Waals surface area contributed by atoms with Crippen LogP contribution in [-0.4, -0.2) is 51.8 Å². The number of carboxylic acid groups (broad SMARTS) is 1. The van der Waals surface area contributed by atoms with E-state index in [1.54, 1.807) is 23.1 Å². The third-order valence-electron chi connectivity index (χ3n) is 5.51. The molecule has 1 aliphatic heterocycles. The fourth-order valence-electron chi connectivity index (χ4n) is 4.26. The number of hydrogen-bond donors (Lipinski definition) is 3. The Bertz CT molecular complexity index is 675. The average Bonchev–Trinajstić information content (AvgIpc) is 3.03. The van der Waals surface area contributed by atoms with Crippen LogP contribution in [0.15, 0.2) is 24.3 Å². The van der Waals surface area contributed by atoms with Crippen molar-refractivity contribution in [1.82, 2.24) is 10.2 Å². The number of benzene rings is 1. The molecule has 0 unspecified atom stereocenters. The monoisotopic (exact) mass is 380 g/mol. The summed E-state index contributed by atoms with van der Waals surface area (Å²) in [6.45, 7) is 0.815. The molecule has 2 amide bonds. The first-order chi connectivity index (χ1) is 12.4. The smallest absolute Gasteiger partial charge is 0.404 e. The lowest BCUT2D eigenvalue weighted by Gasteiger charge is -2.40. The predicted octanol–water partition coefficient (Wildman–Crippen LogP) is 2.99. The first-order valence-electron chi connectivity index (χ1n) is 9.15. The van der Waals surface area contributed by atoms with Crippen LogP contribution in [0, 0.1) is 0 Å². The maximum atomic E-state index is 13.3. The minimum atomic E-state index is -1.08. The summed E-state index contributed by atoms with van der Waals surface area (Å²) in [5.41, 5.74) is -0.361. The molecule has 0 radical (unpaired) electrons. The topological polar surface area (TPSA) is 89.9 Å². The maximum Gasteiger partial charge on any atom is 0.404 e. The van der Waals surface area contributed by atoms with Gasteiger partial charge in [0.15, 0.2) is 0 Å². The summed E-state index contributed by atoms with van der Waals surface area (Å²) >= 11 is 6.14. The van der Waals surface area contributed by atoms with Gasteiger partial charge in [-0.3, -0.25) is 4.79 Å². The van der Waals surface area contributed by atoms with E-state index >= 15 is 0 Å². The van der Waals surface area contributed by atoms with Crippen LogP contribution in [0.25, 0.3) is 0 Å². The van der Waals surface area contributed by atoms with Gasteiger partial charge in [-0.1, -0.05) is 43.0 Å². The molecule has 26 heavy (non-hydrogen) atoms. The van der Waals surface area contributed by atoms with E-state index in [-0.39, 0.29) is 11.9 Å². The second kappa shape index (κ2) is 7.84. The molecule has 0 aromatic heterocycles. The number of amides is 2. The van der Waals surface area contributed by atoms with E-state index in [9.17, 15) is 14.7 Å². The van der Waals surface area contributed by atoms with Crippen LogP contribution in [0.1, 0.15) is 50.0 Å². The molecule has 0 spiro atoms. The van der Waals surface area contributed by atoms with Crippen molar-refractivity contribution in [2.45, 2.75) is 56.1 Å². The van der Waals surface area contributed by atoms with Crippen LogP contribution in [-0.2, 0) is 4.79 Å². The number of halogens is 1. The van der Waals surface area contributed by atoms with Crippen LogP contribution in [0.2, 0.25) is 5.02 Å². The van der Waals surface area contributed by atoms with Gasteiger partial charge in [0.05, 0.1) is 17.6 Å². The van der Waals surface area contributed by atoms with Crippen molar-refractivity contribution >= 4 is 23.6 Å². The minimum absolute atomic E-state index is 0.147. The van der Waals surface area contributed by atoms with Crippen LogP contribution in [0.3, 0.4) is 0 Å². The quantitative estimate of drug-likeness (QED) is 0.749. The molecule has 2 atom stereocenters. The van der Waals surface area contributed by atoms with Gasteiger partial charge in [0.25, 0.3) is 0 Å². The van der Waals surface area contributed by atoms with E-state index in [1.165, 1.54) is 0 Å². The molecule has 1 saturated carbocycles. The number of hydrogen-bond acceptors (Lipinski definition) is 3. The first kappa shape index (κ1) is 19.0. The third-order valence-corrected chi connectivity index (χ3v) is 5.75. The van der Waals surface area contributed by atoms with Crippen molar-refractivity contribution in [3.8, 4) is 0 Å². The number of nitrogens with one attached hydrogen (secondary N) is 1. The standard InChI is InChI=1S/C19H25ClN2O4/c20-14-6-4-5-13(11-14)16(19(26)8-2-1-3-9-19)17(23)22-10-7-15(12-22)21-18(24)25/h4-6,11,15-16,21,26H,1-3,7-10,12H2,(H,24,25)/t15-,16+/m0/s1. The Morgan fingerprint density at radius 1 is 1.27 bits per heavy atom. The van der Waals surface area contributed by atoms with Crippen LogP contribution in [0.4, 0.5) is 4.79 Å². The molecular formula is C19H25ClN2O4. The average molecular weight is 381 g/mol. The maximum absolute atomic E-state index is 13.3. The molecule has 142 valence electrons. The van der Waals surface area contributed by atoms with E-state index in [4.69, 9.17) is 16.7 Å². The van der Waals surface area contributed by atoms with Crippen molar-refractivity contribution < 1.29 is 19.8 Å². The van der Waals surface area contributed by atoms with Crippen LogP contribution >= 0.6 is 11.6 Å². The summed E-state index contributed by atoms with van der Waals surface area (Å²) in [5.74, 6) is -0.823. The zero-order chi connectivity index (χ0) is 18.7.